The van der Waals surface area contributed by atoms with Gasteiger partial charge in [-0.3, -0.25) is 9.05 Å². The standard InChI is InChI=1S/C18H21O4P/c1-3-20-23(19,21-4-2)22-17-11-7-9-15-13-12-14-8-5-6-10-16(14)18(15)17/h5-6,8,10-13H,3-4,7,9H2,1-2H3. The highest BCUT2D eigenvalue weighted by molar-refractivity contribution is 7.48. The van der Waals surface area contributed by atoms with Gasteiger partial charge in [0.2, 0.25) is 0 Å². The van der Waals surface area contributed by atoms with Gasteiger partial charge in [0.25, 0.3) is 0 Å². The molecule has 0 aromatic heterocycles. The first-order valence-electron chi connectivity index (χ1n) is 7.96. The van der Waals surface area contributed by atoms with E-state index in [2.05, 4.69) is 24.3 Å². The van der Waals surface area contributed by atoms with Gasteiger partial charge in [-0.15, -0.1) is 0 Å². The summed E-state index contributed by atoms with van der Waals surface area (Å²) in [5, 5.41) is 2.22. The number of benzene rings is 2. The van der Waals surface area contributed by atoms with E-state index in [1.54, 1.807) is 13.8 Å². The Balaban J connectivity index is 2.04. The van der Waals surface area contributed by atoms with Crippen molar-refractivity contribution in [3.05, 3.63) is 53.6 Å². The lowest BCUT2D eigenvalue weighted by atomic mass is 9.91. The smallest absolute Gasteiger partial charge is 0.404 e. The molecule has 0 heterocycles. The zero-order valence-corrected chi connectivity index (χ0v) is 14.3. The van der Waals surface area contributed by atoms with Crippen molar-refractivity contribution in [2.75, 3.05) is 13.2 Å². The third kappa shape index (κ3) is 3.35. The number of phosphoric acid groups is 1. The Morgan fingerprint density at radius 2 is 1.78 bits per heavy atom. The number of phosphoric ester groups is 1. The molecule has 0 bridgehead atoms. The molecule has 0 saturated carbocycles. The van der Waals surface area contributed by atoms with E-state index in [9.17, 15) is 4.57 Å². The molecule has 122 valence electrons. The first-order chi connectivity index (χ1) is 11.2. The van der Waals surface area contributed by atoms with Gasteiger partial charge in [-0.1, -0.05) is 36.4 Å². The maximum Gasteiger partial charge on any atom is 0.530 e. The second kappa shape index (κ2) is 6.88. The average Bonchev–Trinajstić information content (AvgIpc) is 2.55. The van der Waals surface area contributed by atoms with Gasteiger partial charge in [0.1, 0.15) is 5.76 Å². The summed E-state index contributed by atoms with van der Waals surface area (Å²) < 4.78 is 29.0. The summed E-state index contributed by atoms with van der Waals surface area (Å²) in [5.74, 6) is 0.591. The SMILES string of the molecule is CCOP(=O)(OCC)OC1=CCCc2ccc3ccccc3c21. The Labute approximate surface area is 136 Å². The van der Waals surface area contributed by atoms with Crippen molar-refractivity contribution in [1.82, 2.24) is 0 Å². The molecule has 2 aromatic rings. The summed E-state index contributed by atoms with van der Waals surface area (Å²) in [4.78, 5) is 0. The molecule has 3 rings (SSSR count). The van der Waals surface area contributed by atoms with E-state index in [4.69, 9.17) is 13.6 Å². The van der Waals surface area contributed by atoms with Gasteiger partial charge in [-0.25, -0.2) is 4.57 Å². The number of hydrogen-bond donors (Lipinski definition) is 0. The maximum absolute atomic E-state index is 12.7. The Bertz CT molecular complexity index is 772. The van der Waals surface area contributed by atoms with Gasteiger partial charge in [0.15, 0.2) is 0 Å². The fourth-order valence-corrected chi connectivity index (χ4v) is 4.11. The van der Waals surface area contributed by atoms with E-state index in [0.717, 1.165) is 29.2 Å². The summed E-state index contributed by atoms with van der Waals surface area (Å²) >= 11 is 0. The van der Waals surface area contributed by atoms with Crippen molar-refractivity contribution >= 4 is 24.4 Å². The molecule has 0 saturated heterocycles. The number of aryl methyl sites for hydroxylation is 1. The van der Waals surface area contributed by atoms with E-state index >= 15 is 0 Å². The third-order valence-corrected chi connectivity index (χ3v) is 5.36. The fraction of sp³-hybridized carbons (Fsp3) is 0.333. The predicted molar refractivity (Wildman–Crippen MR) is 92.2 cm³/mol. The predicted octanol–water partition coefficient (Wildman–Crippen LogP) is 5.32. The minimum absolute atomic E-state index is 0.271. The fourth-order valence-electron chi connectivity index (χ4n) is 2.89. The third-order valence-electron chi connectivity index (χ3n) is 3.79. The molecule has 5 heteroatoms. The van der Waals surface area contributed by atoms with Gasteiger partial charge in [0.05, 0.1) is 13.2 Å². The van der Waals surface area contributed by atoms with Crippen LogP contribution in [0.1, 0.15) is 31.4 Å². The van der Waals surface area contributed by atoms with Crippen LogP contribution in [0.4, 0.5) is 0 Å². The summed E-state index contributed by atoms with van der Waals surface area (Å²) in [5.41, 5.74) is 2.19. The van der Waals surface area contributed by atoms with Crippen LogP contribution in [0.5, 0.6) is 0 Å². The van der Waals surface area contributed by atoms with E-state index < -0.39 is 7.82 Å². The lowest BCUT2D eigenvalue weighted by molar-refractivity contribution is 0.159. The van der Waals surface area contributed by atoms with Crippen LogP contribution in [-0.2, 0) is 24.6 Å². The Morgan fingerprint density at radius 1 is 1.04 bits per heavy atom. The van der Waals surface area contributed by atoms with Crippen LogP contribution in [0.25, 0.3) is 16.5 Å². The minimum Gasteiger partial charge on any atom is -0.404 e. The molecule has 4 nitrogen and oxygen atoms in total. The van der Waals surface area contributed by atoms with Crippen molar-refractivity contribution in [2.45, 2.75) is 26.7 Å². The van der Waals surface area contributed by atoms with Gasteiger partial charge < -0.3 is 4.52 Å². The number of fused-ring (bicyclic) bond motifs is 3. The van der Waals surface area contributed by atoms with E-state index in [1.165, 1.54) is 5.56 Å². The molecule has 1 aliphatic carbocycles. The van der Waals surface area contributed by atoms with Crippen molar-refractivity contribution in [2.24, 2.45) is 0 Å². The molecule has 0 unspecified atom stereocenters. The second-order valence-corrected chi connectivity index (χ2v) is 6.90. The van der Waals surface area contributed by atoms with Crippen LogP contribution in [0.3, 0.4) is 0 Å². The number of rotatable bonds is 6. The quantitative estimate of drug-likeness (QED) is 0.671. The van der Waals surface area contributed by atoms with E-state index in [-0.39, 0.29) is 13.2 Å². The highest BCUT2D eigenvalue weighted by atomic mass is 31.2. The topological polar surface area (TPSA) is 44.8 Å². The van der Waals surface area contributed by atoms with Gasteiger partial charge in [-0.2, -0.15) is 0 Å². The molecule has 0 aliphatic heterocycles. The second-order valence-electron chi connectivity index (χ2n) is 5.30. The molecule has 0 spiro atoms. The monoisotopic (exact) mass is 332 g/mol. The molecule has 0 fully saturated rings. The summed E-state index contributed by atoms with van der Waals surface area (Å²) in [7, 11) is -3.59. The van der Waals surface area contributed by atoms with Gasteiger partial charge >= 0.3 is 7.82 Å². The zero-order chi connectivity index (χ0) is 16.3. The first kappa shape index (κ1) is 16.3. The van der Waals surface area contributed by atoms with E-state index in [1.807, 2.05) is 18.2 Å². The van der Waals surface area contributed by atoms with Gasteiger partial charge in [-0.05, 0) is 49.1 Å². The van der Waals surface area contributed by atoms with Crippen LogP contribution >= 0.6 is 7.82 Å². The molecule has 23 heavy (non-hydrogen) atoms. The maximum atomic E-state index is 12.7. The van der Waals surface area contributed by atoms with Crippen LogP contribution in [0.15, 0.2) is 42.5 Å². The van der Waals surface area contributed by atoms with Crippen molar-refractivity contribution in [3.8, 4) is 0 Å². The van der Waals surface area contributed by atoms with Crippen LogP contribution in [0.2, 0.25) is 0 Å². The number of hydrogen-bond acceptors (Lipinski definition) is 4. The molecule has 2 aromatic carbocycles. The number of allylic oxidation sites excluding steroid dienone is 1. The molecule has 1 aliphatic rings. The van der Waals surface area contributed by atoms with Crippen molar-refractivity contribution in [1.29, 1.82) is 0 Å². The van der Waals surface area contributed by atoms with Gasteiger partial charge in [0, 0.05) is 5.56 Å². The Morgan fingerprint density at radius 3 is 2.52 bits per heavy atom. The molecule has 0 atom stereocenters. The molecule has 0 N–H and O–H groups in total. The normalized spacial score (nSPS) is 14.4. The lowest BCUT2D eigenvalue weighted by Crippen LogP contribution is -2.06. The van der Waals surface area contributed by atoms with Crippen LogP contribution in [-0.4, -0.2) is 13.2 Å². The Hall–Kier alpha value is -1.61. The molecular formula is C18H21O4P. The highest BCUT2D eigenvalue weighted by Gasteiger charge is 2.30. The zero-order valence-electron chi connectivity index (χ0n) is 13.5. The average molecular weight is 332 g/mol. The highest BCUT2D eigenvalue weighted by Crippen LogP contribution is 2.54. The Kier molecular flexibility index (Phi) is 4.86. The van der Waals surface area contributed by atoms with Crippen LogP contribution in [0, 0.1) is 0 Å². The van der Waals surface area contributed by atoms with Crippen molar-refractivity contribution in [3.63, 3.8) is 0 Å². The molecule has 0 amide bonds. The first-order valence-corrected chi connectivity index (χ1v) is 9.43. The van der Waals surface area contributed by atoms with Crippen LogP contribution < -0.4 is 0 Å². The molecule has 0 radical (unpaired) electrons. The molecular weight excluding hydrogens is 311 g/mol. The summed E-state index contributed by atoms with van der Waals surface area (Å²) in [6.07, 6.45) is 3.76. The lowest BCUT2D eigenvalue weighted by Gasteiger charge is -2.24. The summed E-state index contributed by atoms with van der Waals surface area (Å²) in [6.45, 7) is 4.08. The minimum atomic E-state index is -3.59. The summed E-state index contributed by atoms with van der Waals surface area (Å²) in [6, 6.07) is 12.4. The largest absolute Gasteiger partial charge is 0.530 e. The van der Waals surface area contributed by atoms with Crippen molar-refractivity contribution < 1.29 is 18.1 Å². The van der Waals surface area contributed by atoms with E-state index in [0.29, 0.717) is 5.76 Å².